The minimum absolute atomic E-state index is 0.266. The molecule has 0 N–H and O–H groups in total. The zero-order valence-electron chi connectivity index (χ0n) is 18.5. The second-order valence-electron chi connectivity index (χ2n) is 9.21. The lowest BCUT2D eigenvalue weighted by Crippen LogP contribution is -2.24. The smallest absolute Gasteiger partial charge is 0.0991 e. The molecule has 0 aliphatic heterocycles. The third kappa shape index (κ3) is 2.59. The molecule has 0 spiro atoms. The summed E-state index contributed by atoms with van der Waals surface area (Å²) in [7, 11) is 0. The van der Waals surface area contributed by atoms with Crippen molar-refractivity contribution in [1.82, 2.24) is 0 Å². The summed E-state index contributed by atoms with van der Waals surface area (Å²) in [5.41, 5.74) is 8.30. The number of hydrogen-bond donors (Lipinski definition) is 0. The van der Waals surface area contributed by atoms with Gasteiger partial charge in [0, 0.05) is 5.41 Å². The molecule has 0 atom stereocenters. The molecule has 1 aliphatic carbocycles. The van der Waals surface area contributed by atoms with E-state index in [9.17, 15) is 10.5 Å². The monoisotopic (exact) mass is 420 g/mol. The van der Waals surface area contributed by atoms with Crippen LogP contribution in [0.15, 0.2) is 84.9 Å². The first kappa shape index (κ1) is 19.3. The van der Waals surface area contributed by atoms with Gasteiger partial charge in [0.2, 0.25) is 0 Å². The zero-order chi connectivity index (χ0) is 22.7. The summed E-state index contributed by atoms with van der Waals surface area (Å²) in [6.45, 7) is 4.54. The number of nitrogens with zero attached hydrogens (tertiary/aromatic N) is 2. The molecule has 2 heteroatoms. The van der Waals surface area contributed by atoms with Gasteiger partial charge in [-0.25, -0.2) is 0 Å². The highest BCUT2D eigenvalue weighted by molar-refractivity contribution is 6.20. The first-order chi connectivity index (χ1) is 16.0. The highest BCUT2D eigenvalue weighted by atomic mass is 14.4. The lowest BCUT2D eigenvalue weighted by atomic mass is 9.66. The van der Waals surface area contributed by atoms with Crippen LogP contribution in [0.5, 0.6) is 0 Å². The highest BCUT2D eigenvalue weighted by Crippen LogP contribution is 2.53. The van der Waals surface area contributed by atoms with E-state index in [1.54, 1.807) is 0 Å². The maximum atomic E-state index is 9.56. The van der Waals surface area contributed by atoms with Gasteiger partial charge in [-0.15, -0.1) is 0 Å². The summed E-state index contributed by atoms with van der Waals surface area (Å²) in [6, 6.07) is 33.7. The Morgan fingerprint density at radius 3 is 2.03 bits per heavy atom. The third-order valence-electron chi connectivity index (χ3n) is 7.09. The van der Waals surface area contributed by atoms with Gasteiger partial charge in [-0.2, -0.15) is 10.5 Å². The predicted octanol–water partition coefficient (Wildman–Crippen LogP) is 7.71. The van der Waals surface area contributed by atoms with Crippen molar-refractivity contribution in [3.8, 4) is 34.4 Å². The molecule has 1 aliphatic rings. The molecule has 5 aromatic carbocycles. The van der Waals surface area contributed by atoms with Crippen molar-refractivity contribution in [3.63, 3.8) is 0 Å². The van der Waals surface area contributed by atoms with Crippen LogP contribution in [0.3, 0.4) is 0 Å². The molecule has 0 saturated carbocycles. The van der Waals surface area contributed by atoms with Crippen molar-refractivity contribution in [2.75, 3.05) is 0 Å². The number of rotatable bonds is 1. The standard InChI is InChI=1S/C31H20N2/c1-31(2)27-16-20(18-33)12-15-22(27)23-8-5-9-26-28(21-13-10-19(17-32)11-14-21)24-6-3-4-7-25(24)30(31)29(23)26/h3-16H,1-2H3. The summed E-state index contributed by atoms with van der Waals surface area (Å²) in [4.78, 5) is 0. The fourth-order valence-corrected chi connectivity index (χ4v) is 5.63. The van der Waals surface area contributed by atoms with Crippen molar-refractivity contribution in [1.29, 1.82) is 10.5 Å². The molecule has 0 radical (unpaired) electrons. The number of hydrogen-bond acceptors (Lipinski definition) is 2. The molecule has 0 saturated heterocycles. The third-order valence-corrected chi connectivity index (χ3v) is 7.09. The second kappa shape index (κ2) is 6.80. The SMILES string of the molecule is CC1(C)c2cc(C#N)ccc2-c2cccc3c(-c4ccc(C#N)cc4)c4ccccc4c1c23. The minimum atomic E-state index is -0.266. The Balaban J connectivity index is 1.84. The van der Waals surface area contributed by atoms with Gasteiger partial charge < -0.3 is 0 Å². The largest absolute Gasteiger partial charge is 0.192 e. The molecular formula is C31H20N2. The average molecular weight is 421 g/mol. The molecule has 6 rings (SSSR count). The Kier molecular flexibility index (Phi) is 3.97. The minimum Gasteiger partial charge on any atom is -0.192 e. The summed E-state index contributed by atoms with van der Waals surface area (Å²) in [5.74, 6) is 0. The maximum absolute atomic E-state index is 9.56. The van der Waals surface area contributed by atoms with Gasteiger partial charge in [-0.1, -0.05) is 74.5 Å². The van der Waals surface area contributed by atoms with Crippen LogP contribution in [-0.2, 0) is 5.41 Å². The van der Waals surface area contributed by atoms with Crippen LogP contribution in [0.4, 0.5) is 0 Å². The van der Waals surface area contributed by atoms with Crippen LogP contribution >= 0.6 is 0 Å². The number of nitriles is 2. The van der Waals surface area contributed by atoms with Crippen LogP contribution in [0.25, 0.3) is 43.8 Å². The molecule has 0 unspecified atom stereocenters. The van der Waals surface area contributed by atoms with E-state index in [0.29, 0.717) is 11.1 Å². The Hall–Kier alpha value is -4.40. The second-order valence-corrected chi connectivity index (χ2v) is 9.21. The maximum Gasteiger partial charge on any atom is 0.0991 e. The van der Waals surface area contributed by atoms with E-state index < -0.39 is 0 Å². The van der Waals surface area contributed by atoms with E-state index in [1.165, 1.54) is 49.4 Å². The van der Waals surface area contributed by atoms with Crippen LogP contribution in [0.1, 0.15) is 36.1 Å². The normalized spacial score (nSPS) is 13.3. The summed E-state index contributed by atoms with van der Waals surface area (Å²) in [5, 5.41) is 23.8. The Bertz CT molecular complexity index is 1690. The highest BCUT2D eigenvalue weighted by Gasteiger charge is 2.36. The van der Waals surface area contributed by atoms with E-state index in [1.807, 2.05) is 18.2 Å². The first-order valence-electron chi connectivity index (χ1n) is 11.1. The Morgan fingerprint density at radius 2 is 1.30 bits per heavy atom. The first-order valence-corrected chi connectivity index (χ1v) is 11.1. The molecule has 0 amide bonds. The van der Waals surface area contributed by atoms with Crippen molar-refractivity contribution >= 4 is 21.5 Å². The average Bonchev–Trinajstić information content (AvgIpc) is 2.86. The lowest BCUT2D eigenvalue weighted by Gasteiger charge is -2.37. The van der Waals surface area contributed by atoms with Crippen LogP contribution in [-0.4, -0.2) is 0 Å². The topological polar surface area (TPSA) is 47.6 Å². The van der Waals surface area contributed by atoms with Gasteiger partial charge in [0.15, 0.2) is 0 Å². The van der Waals surface area contributed by atoms with Gasteiger partial charge in [-0.05, 0) is 79.2 Å². The van der Waals surface area contributed by atoms with E-state index in [0.717, 1.165) is 5.56 Å². The van der Waals surface area contributed by atoms with Crippen molar-refractivity contribution in [2.45, 2.75) is 19.3 Å². The summed E-state index contributed by atoms with van der Waals surface area (Å²) < 4.78 is 0. The molecular weight excluding hydrogens is 400 g/mol. The molecule has 0 fully saturated rings. The van der Waals surface area contributed by atoms with Gasteiger partial charge >= 0.3 is 0 Å². The van der Waals surface area contributed by atoms with Crippen LogP contribution < -0.4 is 0 Å². The molecule has 5 aromatic rings. The van der Waals surface area contributed by atoms with Gasteiger partial charge in [0.1, 0.15) is 0 Å². The summed E-state index contributed by atoms with van der Waals surface area (Å²) >= 11 is 0. The molecule has 0 aromatic heterocycles. The number of benzene rings is 5. The predicted molar refractivity (Wildman–Crippen MR) is 134 cm³/mol. The zero-order valence-corrected chi connectivity index (χ0v) is 18.5. The van der Waals surface area contributed by atoms with E-state index in [2.05, 4.69) is 92.7 Å². The van der Waals surface area contributed by atoms with Crippen LogP contribution in [0, 0.1) is 22.7 Å². The number of fused-ring (bicyclic) bond motifs is 4. The quantitative estimate of drug-likeness (QED) is 0.261. The molecule has 33 heavy (non-hydrogen) atoms. The lowest BCUT2D eigenvalue weighted by molar-refractivity contribution is 0.651. The van der Waals surface area contributed by atoms with Crippen LogP contribution in [0.2, 0.25) is 0 Å². The van der Waals surface area contributed by atoms with Crippen molar-refractivity contribution in [3.05, 3.63) is 107 Å². The summed E-state index contributed by atoms with van der Waals surface area (Å²) in [6.07, 6.45) is 0. The van der Waals surface area contributed by atoms with E-state index in [-0.39, 0.29) is 5.41 Å². The molecule has 0 bridgehead atoms. The fraction of sp³-hybridized carbons (Fsp3) is 0.0968. The molecule has 0 heterocycles. The molecule has 2 nitrogen and oxygen atoms in total. The van der Waals surface area contributed by atoms with Gasteiger partial charge in [0.25, 0.3) is 0 Å². The van der Waals surface area contributed by atoms with Gasteiger partial charge in [-0.3, -0.25) is 0 Å². The fourth-order valence-electron chi connectivity index (χ4n) is 5.63. The van der Waals surface area contributed by atoms with Crippen molar-refractivity contribution < 1.29 is 0 Å². The van der Waals surface area contributed by atoms with Gasteiger partial charge in [0.05, 0.1) is 23.3 Å². The molecule has 154 valence electrons. The Labute approximate surface area is 193 Å². The van der Waals surface area contributed by atoms with E-state index in [4.69, 9.17) is 0 Å². The van der Waals surface area contributed by atoms with Crippen molar-refractivity contribution in [2.24, 2.45) is 0 Å². The Morgan fingerprint density at radius 1 is 0.636 bits per heavy atom. The van der Waals surface area contributed by atoms with E-state index >= 15 is 0 Å².